The molecule has 0 saturated heterocycles. The monoisotopic (exact) mass is 203 g/mol. The maximum absolute atomic E-state index is 9.14. The minimum Gasteiger partial charge on any atom is -0.364 e. The van der Waals surface area contributed by atoms with Crippen LogP contribution in [0.4, 0.5) is 0 Å². The average Bonchev–Trinajstić information content (AvgIpc) is 2.30. The predicted octanol–water partition coefficient (Wildman–Crippen LogP) is 0.522. The Hall–Kier alpha value is -1.85. The topological polar surface area (TPSA) is 79.1 Å². The molecule has 2 heterocycles. The van der Waals surface area contributed by atoms with E-state index in [4.69, 9.17) is 10.2 Å². The number of aliphatic hydroxyl groups is 2. The lowest BCUT2D eigenvalue weighted by Crippen LogP contribution is -2.00. The van der Waals surface area contributed by atoms with E-state index in [1.807, 2.05) is 0 Å². The van der Waals surface area contributed by atoms with Gasteiger partial charge in [-0.25, -0.2) is 9.97 Å². The van der Waals surface area contributed by atoms with Crippen molar-refractivity contribution < 1.29 is 10.2 Å². The first-order valence-corrected chi connectivity index (χ1v) is 4.36. The van der Waals surface area contributed by atoms with E-state index < -0.39 is 6.29 Å². The number of pyridine rings is 1. The summed E-state index contributed by atoms with van der Waals surface area (Å²) in [5.41, 5.74) is 1.35. The maximum Gasteiger partial charge on any atom is 0.180 e. The molecule has 2 N–H and O–H groups in total. The van der Waals surface area contributed by atoms with E-state index >= 15 is 0 Å². The smallest absolute Gasteiger partial charge is 0.180 e. The number of hydrogen-bond donors (Lipinski definition) is 2. The van der Waals surface area contributed by atoms with Crippen LogP contribution in [-0.4, -0.2) is 25.2 Å². The van der Waals surface area contributed by atoms with E-state index in [1.54, 1.807) is 30.6 Å². The molecule has 76 valence electrons. The summed E-state index contributed by atoms with van der Waals surface area (Å²) in [5.74, 6) is 0. The Morgan fingerprint density at radius 1 is 1.07 bits per heavy atom. The number of rotatable bonds is 2. The maximum atomic E-state index is 9.14. The van der Waals surface area contributed by atoms with E-state index in [2.05, 4.69) is 15.0 Å². The van der Waals surface area contributed by atoms with Crippen molar-refractivity contribution in [3.63, 3.8) is 0 Å². The highest BCUT2D eigenvalue weighted by Crippen LogP contribution is 2.22. The highest BCUT2D eigenvalue weighted by Gasteiger charge is 2.12. The van der Waals surface area contributed by atoms with Crippen LogP contribution in [0.5, 0.6) is 0 Å². The number of nitrogens with zero attached hydrogens (tertiary/aromatic N) is 3. The van der Waals surface area contributed by atoms with E-state index in [-0.39, 0.29) is 0 Å². The molecule has 2 rings (SSSR count). The molecule has 0 spiro atoms. The molecule has 0 radical (unpaired) electrons. The molecule has 0 saturated carbocycles. The Labute approximate surface area is 86.1 Å². The Morgan fingerprint density at radius 2 is 1.93 bits per heavy atom. The van der Waals surface area contributed by atoms with Crippen LogP contribution in [0.15, 0.2) is 36.9 Å². The second-order valence-electron chi connectivity index (χ2n) is 2.91. The van der Waals surface area contributed by atoms with Gasteiger partial charge in [-0.1, -0.05) is 6.07 Å². The fraction of sp³-hybridized carbons (Fsp3) is 0.100. The predicted molar refractivity (Wildman–Crippen MR) is 52.4 cm³/mol. The van der Waals surface area contributed by atoms with Crippen molar-refractivity contribution in [2.45, 2.75) is 6.29 Å². The average molecular weight is 203 g/mol. The van der Waals surface area contributed by atoms with Crippen molar-refractivity contribution in [3.8, 4) is 11.4 Å². The third-order valence-corrected chi connectivity index (χ3v) is 1.94. The summed E-state index contributed by atoms with van der Waals surface area (Å²) < 4.78 is 0. The molecule has 2 aromatic heterocycles. The Morgan fingerprint density at radius 3 is 2.60 bits per heavy atom. The minimum absolute atomic E-state index is 0.330. The molecule has 0 aliphatic heterocycles. The summed E-state index contributed by atoms with van der Waals surface area (Å²) in [7, 11) is 0. The number of hydrogen-bond acceptors (Lipinski definition) is 5. The van der Waals surface area contributed by atoms with Crippen molar-refractivity contribution in [1.82, 2.24) is 15.0 Å². The van der Waals surface area contributed by atoms with Gasteiger partial charge in [-0.3, -0.25) is 4.98 Å². The molecule has 15 heavy (non-hydrogen) atoms. The van der Waals surface area contributed by atoms with Gasteiger partial charge in [0.15, 0.2) is 6.29 Å². The van der Waals surface area contributed by atoms with Crippen LogP contribution in [0, 0.1) is 0 Å². The van der Waals surface area contributed by atoms with Crippen LogP contribution in [-0.2, 0) is 0 Å². The fourth-order valence-electron chi connectivity index (χ4n) is 1.27. The molecule has 0 atom stereocenters. The van der Waals surface area contributed by atoms with E-state index in [1.165, 1.54) is 6.33 Å². The van der Waals surface area contributed by atoms with Gasteiger partial charge < -0.3 is 10.2 Å². The van der Waals surface area contributed by atoms with Gasteiger partial charge in [0.25, 0.3) is 0 Å². The molecular weight excluding hydrogens is 194 g/mol. The molecule has 0 unspecified atom stereocenters. The first kappa shape index (κ1) is 9.70. The second kappa shape index (κ2) is 4.12. The first-order chi connectivity index (χ1) is 7.29. The van der Waals surface area contributed by atoms with Crippen LogP contribution in [0.3, 0.4) is 0 Å². The molecular formula is C10H9N3O2. The van der Waals surface area contributed by atoms with Crippen LogP contribution in [0.1, 0.15) is 11.9 Å². The molecule has 5 nitrogen and oxygen atoms in total. The lowest BCUT2D eigenvalue weighted by atomic mass is 10.1. The summed E-state index contributed by atoms with van der Waals surface area (Å²) in [6.45, 7) is 0. The SMILES string of the molecule is OC(O)c1cccnc1-c1ccncn1. The number of aliphatic hydroxyl groups excluding tert-OH is 1. The lowest BCUT2D eigenvalue weighted by molar-refractivity contribution is -0.0422. The molecule has 0 aliphatic rings. The first-order valence-electron chi connectivity index (χ1n) is 4.36. The molecule has 0 aliphatic carbocycles. The zero-order chi connectivity index (χ0) is 10.7. The van der Waals surface area contributed by atoms with E-state index in [9.17, 15) is 0 Å². The normalized spacial score (nSPS) is 10.6. The molecule has 0 fully saturated rings. The van der Waals surface area contributed by atoms with Crippen molar-refractivity contribution >= 4 is 0 Å². The van der Waals surface area contributed by atoms with Gasteiger partial charge in [-0.15, -0.1) is 0 Å². The zero-order valence-corrected chi connectivity index (χ0v) is 7.78. The molecule has 0 amide bonds. The van der Waals surface area contributed by atoms with Gasteiger partial charge in [-0.05, 0) is 12.1 Å². The van der Waals surface area contributed by atoms with Crippen molar-refractivity contribution in [2.24, 2.45) is 0 Å². The Balaban J connectivity index is 2.53. The third kappa shape index (κ3) is 1.98. The van der Waals surface area contributed by atoms with Crippen LogP contribution in [0.25, 0.3) is 11.4 Å². The van der Waals surface area contributed by atoms with Gasteiger partial charge >= 0.3 is 0 Å². The minimum atomic E-state index is -1.55. The van der Waals surface area contributed by atoms with Crippen molar-refractivity contribution in [1.29, 1.82) is 0 Å². The van der Waals surface area contributed by atoms with Crippen LogP contribution >= 0.6 is 0 Å². The van der Waals surface area contributed by atoms with E-state index in [0.29, 0.717) is 17.0 Å². The van der Waals surface area contributed by atoms with Gasteiger partial charge in [-0.2, -0.15) is 0 Å². The highest BCUT2D eigenvalue weighted by atomic mass is 16.5. The molecule has 0 bridgehead atoms. The molecule has 0 aromatic carbocycles. The van der Waals surface area contributed by atoms with Gasteiger partial charge in [0.1, 0.15) is 6.33 Å². The third-order valence-electron chi connectivity index (χ3n) is 1.94. The van der Waals surface area contributed by atoms with Gasteiger partial charge in [0.05, 0.1) is 11.4 Å². The molecule has 5 heteroatoms. The molecule has 2 aromatic rings. The Bertz CT molecular complexity index is 445. The summed E-state index contributed by atoms with van der Waals surface area (Å²) >= 11 is 0. The number of aromatic nitrogens is 3. The van der Waals surface area contributed by atoms with E-state index in [0.717, 1.165) is 0 Å². The summed E-state index contributed by atoms with van der Waals surface area (Å²) in [6, 6.07) is 4.89. The summed E-state index contributed by atoms with van der Waals surface area (Å²) in [4.78, 5) is 11.8. The quantitative estimate of drug-likeness (QED) is 0.696. The Kier molecular flexibility index (Phi) is 2.66. The summed E-state index contributed by atoms with van der Waals surface area (Å²) in [6.07, 6.45) is 2.98. The fourth-order valence-corrected chi connectivity index (χ4v) is 1.27. The zero-order valence-electron chi connectivity index (χ0n) is 7.78. The summed E-state index contributed by atoms with van der Waals surface area (Å²) in [5, 5.41) is 18.3. The standard InChI is InChI=1S/C10H9N3O2/c14-10(15)7-2-1-4-12-9(7)8-3-5-11-6-13-8/h1-6,10,14-15H. The van der Waals surface area contributed by atoms with Gasteiger partial charge in [0, 0.05) is 18.0 Å². The van der Waals surface area contributed by atoms with Crippen LogP contribution < -0.4 is 0 Å². The highest BCUT2D eigenvalue weighted by molar-refractivity contribution is 5.58. The van der Waals surface area contributed by atoms with Crippen LogP contribution in [0.2, 0.25) is 0 Å². The van der Waals surface area contributed by atoms with Gasteiger partial charge in [0.2, 0.25) is 0 Å². The van der Waals surface area contributed by atoms with Crippen molar-refractivity contribution in [3.05, 3.63) is 42.5 Å². The lowest BCUT2D eigenvalue weighted by Gasteiger charge is -2.08. The van der Waals surface area contributed by atoms with Crippen molar-refractivity contribution in [2.75, 3.05) is 0 Å². The second-order valence-corrected chi connectivity index (χ2v) is 2.91. The largest absolute Gasteiger partial charge is 0.364 e.